The fourth-order valence-corrected chi connectivity index (χ4v) is 2.88. The van der Waals surface area contributed by atoms with Gasteiger partial charge in [-0.15, -0.1) is 0 Å². The number of rotatable bonds is 15. The van der Waals surface area contributed by atoms with Gasteiger partial charge in [-0.05, 0) is 38.3 Å². The van der Waals surface area contributed by atoms with E-state index in [-0.39, 0.29) is 17.7 Å². The van der Waals surface area contributed by atoms with Gasteiger partial charge in [0.05, 0.1) is 12.2 Å². The lowest BCUT2D eigenvalue weighted by atomic mass is 10.1. The van der Waals surface area contributed by atoms with Crippen molar-refractivity contribution in [2.24, 2.45) is 0 Å². The first kappa shape index (κ1) is 23.9. The molecule has 0 aliphatic heterocycles. The lowest BCUT2D eigenvalue weighted by Gasteiger charge is -2.08. The number of ketones is 1. The minimum atomic E-state index is -0.306. The summed E-state index contributed by atoms with van der Waals surface area (Å²) in [4.78, 5) is 35.0. The summed E-state index contributed by atoms with van der Waals surface area (Å²) >= 11 is 0. The molecule has 0 fully saturated rings. The van der Waals surface area contributed by atoms with Gasteiger partial charge in [0.2, 0.25) is 0 Å². The van der Waals surface area contributed by atoms with E-state index in [1.807, 2.05) is 0 Å². The number of hydrogen-bond acceptors (Lipinski definition) is 5. The maximum absolute atomic E-state index is 11.9. The molecular weight excluding hydrogens is 356 g/mol. The van der Waals surface area contributed by atoms with Gasteiger partial charge in [-0.2, -0.15) is 0 Å². The van der Waals surface area contributed by atoms with Gasteiger partial charge in [0.25, 0.3) is 0 Å². The minimum Gasteiger partial charge on any atom is -0.466 e. The maximum Gasteiger partial charge on any atom is 0.311 e. The minimum absolute atomic E-state index is 0.0929. The molecule has 0 unspecified atom stereocenters. The summed E-state index contributed by atoms with van der Waals surface area (Å²) in [5.74, 6) is -0.181. The Hall–Kier alpha value is -2.17. The summed E-state index contributed by atoms with van der Waals surface area (Å²) in [6.07, 6.45) is 9.66. The van der Waals surface area contributed by atoms with Gasteiger partial charge in [-0.25, -0.2) is 0 Å². The molecule has 1 rings (SSSR count). The molecule has 28 heavy (non-hydrogen) atoms. The molecule has 0 spiro atoms. The second kappa shape index (κ2) is 14.8. The van der Waals surface area contributed by atoms with Crippen molar-refractivity contribution < 1.29 is 23.9 Å². The highest BCUT2D eigenvalue weighted by molar-refractivity contribution is 5.97. The highest BCUT2D eigenvalue weighted by atomic mass is 16.5. The topological polar surface area (TPSA) is 69.7 Å². The van der Waals surface area contributed by atoms with Crippen LogP contribution in [0.1, 0.15) is 94.8 Å². The molecule has 0 heterocycles. The maximum atomic E-state index is 11.9. The Morgan fingerprint density at radius 3 is 2.04 bits per heavy atom. The largest absolute Gasteiger partial charge is 0.466 e. The molecule has 0 aliphatic rings. The number of para-hydroxylation sites is 1. The van der Waals surface area contributed by atoms with Crippen molar-refractivity contribution in [3.8, 4) is 5.75 Å². The van der Waals surface area contributed by atoms with Gasteiger partial charge in [0, 0.05) is 12.8 Å². The predicted octanol–water partition coefficient (Wildman–Crippen LogP) is 5.65. The second-order valence-electron chi connectivity index (χ2n) is 7.08. The van der Waals surface area contributed by atoms with Crippen molar-refractivity contribution in [2.75, 3.05) is 6.61 Å². The van der Waals surface area contributed by atoms with Crippen LogP contribution in [-0.4, -0.2) is 24.3 Å². The Morgan fingerprint density at radius 2 is 1.39 bits per heavy atom. The highest BCUT2D eigenvalue weighted by Gasteiger charge is 2.11. The van der Waals surface area contributed by atoms with E-state index < -0.39 is 0 Å². The molecule has 0 N–H and O–H groups in total. The Morgan fingerprint density at radius 1 is 0.786 bits per heavy atom. The van der Waals surface area contributed by atoms with Crippen LogP contribution in [0.2, 0.25) is 0 Å². The van der Waals surface area contributed by atoms with Gasteiger partial charge in [0.1, 0.15) is 5.75 Å². The average Bonchev–Trinajstić information content (AvgIpc) is 2.67. The van der Waals surface area contributed by atoms with Gasteiger partial charge >= 0.3 is 11.9 Å². The lowest BCUT2D eigenvalue weighted by Crippen LogP contribution is -2.10. The monoisotopic (exact) mass is 390 g/mol. The number of hydrogen-bond donors (Lipinski definition) is 0. The van der Waals surface area contributed by atoms with E-state index >= 15 is 0 Å². The van der Waals surface area contributed by atoms with E-state index in [9.17, 15) is 14.4 Å². The van der Waals surface area contributed by atoms with Crippen molar-refractivity contribution in [3.63, 3.8) is 0 Å². The molecule has 5 heteroatoms. The van der Waals surface area contributed by atoms with E-state index in [1.54, 1.807) is 24.3 Å². The van der Waals surface area contributed by atoms with Crippen LogP contribution in [-0.2, 0) is 14.3 Å². The third-order valence-corrected chi connectivity index (χ3v) is 4.51. The molecule has 5 nitrogen and oxygen atoms in total. The van der Waals surface area contributed by atoms with Crippen LogP contribution in [0, 0.1) is 0 Å². The summed E-state index contributed by atoms with van der Waals surface area (Å²) in [5, 5.41) is 0. The van der Waals surface area contributed by atoms with Crippen molar-refractivity contribution >= 4 is 17.7 Å². The van der Waals surface area contributed by atoms with Gasteiger partial charge < -0.3 is 9.47 Å². The third-order valence-electron chi connectivity index (χ3n) is 4.51. The fraction of sp³-hybridized carbons (Fsp3) is 0.609. The molecule has 1 aromatic rings. The SMILES string of the molecule is CCCCCOC(=O)CCCCCCCCC(=O)Oc1ccccc1C(C)=O. The van der Waals surface area contributed by atoms with Crippen LogP contribution >= 0.6 is 0 Å². The number of carbonyl (C=O) groups is 3. The van der Waals surface area contributed by atoms with E-state index in [4.69, 9.17) is 9.47 Å². The molecule has 0 aliphatic carbocycles. The number of esters is 2. The highest BCUT2D eigenvalue weighted by Crippen LogP contribution is 2.19. The average molecular weight is 391 g/mol. The molecule has 0 amide bonds. The summed E-state index contributed by atoms with van der Waals surface area (Å²) in [6.45, 7) is 4.12. The molecule has 1 aromatic carbocycles. The summed E-state index contributed by atoms with van der Waals surface area (Å²) < 4.78 is 10.5. The van der Waals surface area contributed by atoms with Gasteiger partial charge in [0.15, 0.2) is 5.78 Å². The van der Waals surface area contributed by atoms with Crippen LogP contribution in [0.4, 0.5) is 0 Å². The zero-order valence-electron chi connectivity index (χ0n) is 17.3. The van der Waals surface area contributed by atoms with Crippen LogP contribution in [0.5, 0.6) is 5.75 Å². The van der Waals surface area contributed by atoms with Crippen LogP contribution in [0.15, 0.2) is 24.3 Å². The first-order valence-corrected chi connectivity index (χ1v) is 10.5. The third kappa shape index (κ3) is 10.9. The Balaban J connectivity index is 2.03. The molecular formula is C23H34O5. The van der Waals surface area contributed by atoms with Crippen LogP contribution < -0.4 is 4.74 Å². The number of carbonyl (C=O) groups excluding carboxylic acids is 3. The lowest BCUT2D eigenvalue weighted by molar-refractivity contribution is -0.144. The molecule has 156 valence electrons. The molecule has 0 saturated carbocycles. The number of benzene rings is 1. The van der Waals surface area contributed by atoms with E-state index in [2.05, 4.69) is 6.92 Å². The second-order valence-corrected chi connectivity index (χ2v) is 7.08. The Bertz CT molecular complexity index is 609. The van der Waals surface area contributed by atoms with Crippen molar-refractivity contribution in [3.05, 3.63) is 29.8 Å². The molecule has 0 atom stereocenters. The number of unbranched alkanes of at least 4 members (excludes halogenated alkanes) is 7. The first-order valence-electron chi connectivity index (χ1n) is 10.5. The zero-order valence-corrected chi connectivity index (χ0v) is 17.3. The van der Waals surface area contributed by atoms with E-state index in [0.29, 0.717) is 30.8 Å². The summed E-state index contributed by atoms with van der Waals surface area (Å²) in [5.41, 5.74) is 0.430. The van der Waals surface area contributed by atoms with Crippen molar-refractivity contribution in [1.82, 2.24) is 0 Å². The fourth-order valence-electron chi connectivity index (χ4n) is 2.88. The van der Waals surface area contributed by atoms with Gasteiger partial charge in [-0.3, -0.25) is 14.4 Å². The van der Waals surface area contributed by atoms with Gasteiger partial charge in [-0.1, -0.05) is 57.6 Å². The predicted molar refractivity (Wildman–Crippen MR) is 110 cm³/mol. The van der Waals surface area contributed by atoms with Crippen LogP contribution in [0.3, 0.4) is 0 Å². The van der Waals surface area contributed by atoms with Crippen molar-refractivity contribution in [1.29, 1.82) is 0 Å². The first-order chi connectivity index (χ1) is 13.5. The quantitative estimate of drug-likeness (QED) is 0.167. The Labute approximate surface area is 168 Å². The normalized spacial score (nSPS) is 10.5. The smallest absolute Gasteiger partial charge is 0.311 e. The Kier molecular flexibility index (Phi) is 12.6. The molecule has 0 aromatic heterocycles. The number of ether oxygens (including phenoxy) is 2. The van der Waals surface area contributed by atoms with E-state index in [1.165, 1.54) is 6.92 Å². The summed E-state index contributed by atoms with van der Waals surface area (Å²) in [7, 11) is 0. The van der Waals surface area contributed by atoms with Crippen LogP contribution in [0.25, 0.3) is 0 Å². The standard InChI is InChI=1S/C23H34O5/c1-3-4-13-18-27-22(25)16-9-7-5-6-8-10-17-23(26)28-21-15-12-11-14-20(21)19(2)24/h11-12,14-15H,3-10,13,16-18H2,1-2H3. The molecule has 0 radical (unpaired) electrons. The van der Waals surface area contributed by atoms with Crippen molar-refractivity contribution in [2.45, 2.75) is 84.5 Å². The molecule has 0 bridgehead atoms. The summed E-state index contributed by atoms with van der Waals surface area (Å²) in [6, 6.07) is 6.80. The zero-order chi connectivity index (χ0) is 20.6. The molecule has 0 saturated heterocycles. The number of Topliss-reactive ketones (excluding diaryl/α,β-unsaturated/α-hetero) is 1. The van der Waals surface area contributed by atoms with E-state index in [0.717, 1.165) is 57.8 Å².